The summed E-state index contributed by atoms with van der Waals surface area (Å²) in [7, 11) is 4.99. The smallest absolute Gasteiger partial charge is 0.357 e. The molecule has 0 saturated carbocycles. The SMILES string of the molecule is COc1ccc(N(C)C(=O)N2CCC(C(=O)c3ccc4c(c3)c(C(=O)O)nn4C)CC2)cc1. The van der Waals surface area contributed by atoms with Crippen molar-refractivity contribution in [2.75, 3.05) is 32.1 Å². The number of anilines is 1. The van der Waals surface area contributed by atoms with Crippen LogP contribution in [-0.4, -0.2) is 64.8 Å². The highest BCUT2D eigenvalue weighted by molar-refractivity contribution is 6.06. The first-order chi connectivity index (χ1) is 15.8. The van der Waals surface area contributed by atoms with Crippen molar-refractivity contribution >= 4 is 34.4 Å². The van der Waals surface area contributed by atoms with Crippen LogP contribution >= 0.6 is 0 Å². The third-order valence-corrected chi connectivity index (χ3v) is 6.22. The number of benzene rings is 2. The van der Waals surface area contributed by atoms with E-state index in [1.807, 2.05) is 12.1 Å². The van der Waals surface area contributed by atoms with Crippen molar-refractivity contribution in [1.82, 2.24) is 14.7 Å². The molecular weight excluding hydrogens is 424 g/mol. The van der Waals surface area contributed by atoms with Crippen molar-refractivity contribution in [3.8, 4) is 5.75 Å². The average Bonchev–Trinajstić information content (AvgIpc) is 3.19. The number of ether oxygens (including phenoxy) is 1. The van der Waals surface area contributed by atoms with E-state index in [1.54, 1.807) is 61.3 Å². The van der Waals surface area contributed by atoms with Crippen LogP contribution in [0.25, 0.3) is 10.9 Å². The molecule has 0 radical (unpaired) electrons. The van der Waals surface area contributed by atoms with E-state index in [9.17, 15) is 19.5 Å². The lowest BCUT2D eigenvalue weighted by Gasteiger charge is -2.34. The van der Waals surface area contributed by atoms with Crippen molar-refractivity contribution in [1.29, 1.82) is 0 Å². The monoisotopic (exact) mass is 450 g/mol. The Bertz CT molecular complexity index is 1210. The number of nitrogens with zero attached hydrogens (tertiary/aromatic N) is 4. The summed E-state index contributed by atoms with van der Waals surface area (Å²) in [5.41, 5.74) is 1.83. The Balaban J connectivity index is 1.43. The molecular formula is C24H26N4O5. The van der Waals surface area contributed by atoms with Gasteiger partial charge in [0.1, 0.15) is 5.75 Å². The van der Waals surface area contributed by atoms with Gasteiger partial charge in [-0.1, -0.05) is 0 Å². The van der Waals surface area contributed by atoms with Gasteiger partial charge in [0.05, 0.1) is 12.6 Å². The topological polar surface area (TPSA) is 105 Å². The summed E-state index contributed by atoms with van der Waals surface area (Å²) in [4.78, 5) is 40.9. The predicted octanol–water partition coefficient (Wildman–Crippen LogP) is 3.43. The first-order valence-corrected chi connectivity index (χ1v) is 10.7. The van der Waals surface area contributed by atoms with Gasteiger partial charge in [0.2, 0.25) is 0 Å². The van der Waals surface area contributed by atoms with Crippen LogP contribution < -0.4 is 9.64 Å². The molecule has 1 aliphatic heterocycles. The molecule has 1 saturated heterocycles. The molecule has 0 spiro atoms. The van der Waals surface area contributed by atoms with Gasteiger partial charge in [0, 0.05) is 49.7 Å². The highest BCUT2D eigenvalue weighted by Crippen LogP contribution is 2.27. The molecule has 2 heterocycles. The average molecular weight is 450 g/mol. The molecule has 172 valence electrons. The van der Waals surface area contributed by atoms with Crippen LogP contribution in [0.5, 0.6) is 5.75 Å². The summed E-state index contributed by atoms with van der Waals surface area (Å²) in [6.45, 7) is 0.955. The number of likely N-dealkylation sites (tertiary alicyclic amines) is 1. The minimum absolute atomic E-state index is 0.0345. The zero-order valence-corrected chi connectivity index (χ0v) is 18.8. The van der Waals surface area contributed by atoms with Gasteiger partial charge in [0.15, 0.2) is 11.5 Å². The van der Waals surface area contributed by atoms with Crippen molar-refractivity contribution in [2.24, 2.45) is 13.0 Å². The molecule has 3 aromatic rings. The summed E-state index contributed by atoms with van der Waals surface area (Å²) < 4.78 is 6.66. The molecule has 1 N–H and O–H groups in total. The van der Waals surface area contributed by atoms with E-state index in [2.05, 4.69) is 5.10 Å². The maximum absolute atomic E-state index is 13.1. The Morgan fingerprint density at radius 1 is 1.09 bits per heavy atom. The van der Waals surface area contributed by atoms with Gasteiger partial charge >= 0.3 is 12.0 Å². The number of aromatic nitrogens is 2. The largest absolute Gasteiger partial charge is 0.497 e. The molecule has 1 fully saturated rings. The number of ketones is 1. The van der Waals surface area contributed by atoms with E-state index in [-0.39, 0.29) is 23.4 Å². The van der Waals surface area contributed by atoms with Crippen molar-refractivity contribution in [3.63, 3.8) is 0 Å². The fraction of sp³-hybridized carbons (Fsp3) is 0.333. The van der Waals surface area contributed by atoms with Crippen LogP contribution in [0.3, 0.4) is 0 Å². The number of carbonyl (C=O) groups excluding carboxylic acids is 2. The number of urea groups is 1. The van der Waals surface area contributed by atoms with Crippen LogP contribution in [0.1, 0.15) is 33.7 Å². The number of hydrogen-bond donors (Lipinski definition) is 1. The predicted molar refractivity (Wildman–Crippen MR) is 123 cm³/mol. The number of aromatic carboxylic acids is 1. The van der Waals surface area contributed by atoms with Crippen LogP contribution in [0.15, 0.2) is 42.5 Å². The summed E-state index contributed by atoms with van der Waals surface area (Å²) in [6, 6.07) is 12.2. The van der Waals surface area contributed by atoms with Crippen molar-refractivity contribution in [3.05, 3.63) is 53.7 Å². The summed E-state index contributed by atoms with van der Waals surface area (Å²) in [6.07, 6.45) is 1.11. The molecule has 0 aliphatic carbocycles. The second kappa shape index (κ2) is 8.93. The molecule has 0 atom stereocenters. The van der Waals surface area contributed by atoms with Gasteiger partial charge in [-0.2, -0.15) is 5.10 Å². The van der Waals surface area contributed by atoms with E-state index in [1.165, 1.54) is 4.68 Å². The standard InChI is InChI=1S/C24H26N4O5/c1-26(17-5-7-18(33-3)8-6-17)24(32)28-12-10-15(11-13-28)22(29)16-4-9-20-19(14-16)21(23(30)31)25-27(20)2/h4-9,14-15H,10-13H2,1-3H3,(H,30,31). The van der Waals surface area contributed by atoms with E-state index in [4.69, 9.17) is 4.74 Å². The molecule has 9 nitrogen and oxygen atoms in total. The van der Waals surface area contributed by atoms with Crippen molar-refractivity contribution < 1.29 is 24.2 Å². The van der Waals surface area contributed by atoms with Crippen LogP contribution in [0, 0.1) is 5.92 Å². The number of fused-ring (bicyclic) bond motifs is 1. The molecule has 9 heteroatoms. The molecule has 4 rings (SSSR count). The lowest BCUT2D eigenvalue weighted by atomic mass is 9.88. The molecule has 2 amide bonds. The van der Waals surface area contributed by atoms with E-state index < -0.39 is 5.97 Å². The molecule has 33 heavy (non-hydrogen) atoms. The van der Waals surface area contributed by atoms with Gasteiger partial charge in [-0.25, -0.2) is 9.59 Å². The Morgan fingerprint density at radius 2 is 1.76 bits per heavy atom. The Morgan fingerprint density at radius 3 is 2.36 bits per heavy atom. The fourth-order valence-corrected chi connectivity index (χ4v) is 4.27. The van der Waals surface area contributed by atoms with Crippen molar-refractivity contribution in [2.45, 2.75) is 12.8 Å². The number of aryl methyl sites for hydroxylation is 1. The molecule has 1 aliphatic rings. The summed E-state index contributed by atoms with van der Waals surface area (Å²) in [5, 5.41) is 13.9. The quantitative estimate of drug-likeness (QED) is 0.597. The second-order valence-corrected chi connectivity index (χ2v) is 8.17. The minimum Gasteiger partial charge on any atom is -0.497 e. The first kappa shape index (κ1) is 22.3. The normalized spacial score (nSPS) is 14.3. The van der Waals surface area contributed by atoms with Gasteiger partial charge in [-0.05, 0) is 55.3 Å². The number of rotatable bonds is 5. The fourth-order valence-electron chi connectivity index (χ4n) is 4.27. The molecule has 0 unspecified atom stereocenters. The number of carboxylic acids is 1. The number of Topliss-reactive ketones (excluding diaryl/α,β-unsaturated/α-hetero) is 1. The number of carbonyl (C=O) groups is 3. The zero-order valence-electron chi connectivity index (χ0n) is 18.8. The zero-order chi connectivity index (χ0) is 23.7. The number of hydrogen-bond acceptors (Lipinski definition) is 5. The number of carboxylic acid groups (broad SMARTS) is 1. The summed E-state index contributed by atoms with van der Waals surface area (Å²) >= 11 is 0. The highest BCUT2D eigenvalue weighted by atomic mass is 16.5. The molecule has 1 aromatic heterocycles. The van der Waals surface area contributed by atoms with E-state index in [0.717, 1.165) is 11.4 Å². The first-order valence-electron chi connectivity index (χ1n) is 10.7. The third-order valence-electron chi connectivity index (χ3n) is 6.22. The maximum Gasteiger partial charge on any atom is 0.357 e. The van der Waals surface area contributed by atoms with Gasteiger partial charge in [-0.3, -0.25) is 14.4 Å². The van der Waals surface area contributed by atoms with Gasteiger partial charge in [0.25, 0.3) is 0 Å². The third kappa shape index (κ3) is 4.26. The maximum atomic E-state index is 13.1. The van der Waals surface area contributed by atoms with Gasteiger partial charge < -0.3 is 14.7 Å². The second-order valence-electron chi connectivity index (χ2n) is 8.17. The van der Waals surface area contributed by atoms with Crippen LogP contribution in [-0.2, 0) is 7.05 Å². The lowest BCUT2D eigenvalue weighted by molar-refractivity contribution is 0.0691. The Kier molecular flexibility index (Phi) is 6.04. The Labute approximate surface area is 191 Å². The van der Waals surface area contributed by atoms with E-state index >= 15 is 0 Å². The molecule has 0 bridgehead atoms. The highest BCUT2D eigenvalue weighted by Gasteiger charge is 2.30. The number of amides is 2. The Hall–Kier alpha value is -3.88. The molecule has 2 aromatic carbocycles. The number of piperidine rings is 1. The number of methoxy groups -OCH3 is 1. The van der Waals surface area contributed by atoms with Crippen LogP contribution in [0.4, 0.5) is 10.5 Å². The lowest BCUT2D eigenvalue weighted by Crippen LogP contribution is -2.46. The van der Waals surface area contributed by atoms with Crippen LogP contribution in [0.2, 0.25) is 0 Å². The van der Waals surface area contributed by atoms with E-state index in [0.29, 0.717) is 42.4 Å². The summed E-state index contributed by atoms with van der Waals surface area (Å²) in [5.74, 6) is -0.660. The van der Waals surface area contributed by atoms with Gasteiger partial charge in [-0.15, -0.1) is 0 Å². The minimum atomic E-state index is -1.13.